The van der Waals surface area contributed by atoms with Crippen molar-refractivity contribution in [3.05, 3.63) is 135 Å². The van der Waals surface area contributed by atoms with Crippen LogP contribution in [-0.4, -0.2) is 3.71 Å². The minimum absolute atomic E-state index is 0. The van der Waals surface area contributed by atoms with E-state index in [1.165, 1.54) is 27.7 Å². The van der Waals surface area contributed by atoms with Gasteiger partial charge < -0.3 is 24.8 Å². The van der Waals surface area contributed by atoms with Crippen molar-refractivity contribution in [1.82, 2.24) is 0 Å². The Morgan fingerprint density at radius 1 is 0.808 bits per heavy atom. The van der Waals surface area contributed by atoms with Gasteiger partial charge in [-0.2, -0.15) is 29.3 Å². The third-order valence-corrected chi connectivity index (χ3v) is 13.9. The van der Waals surface area contributed by atoms with Crippen molar-refractivity contribution in [3.63, 3.8) is 0 Å². The molecule has 0 nitrogen and oxygen atoms in total. The molecule has 7 rings (SSSR count). The number of rotatable bonds is 1. The second-order valence-corrected chi connectivity index (χ2v) is 16.4. The average molecular weight is 839 g/mol. The molecule has 0 aromatic heterocycles. The zero-order valence-electron chi connectivity index (χ0n) is 30.9. The summed E-state index contributed by atoms with van der Waals surface area (Å²) in [5.41, 5.74) is 7.67. The van der Waals surface area contributed by atoms with Gasteiger partial charge in [-0.05, 0) is 40.6 Å². The van der Waals surface area contributed by atoms with Crippen LogP contribution in [0.2, 0.25) is 0 Å². The third-order valence-electron chi connectivity index (χ3n) is 13.1. The quantitative estimate of drug-likeness (QED) is 0.187. The van der Waals surface area contributed by atoms with Crippen LogP contribution in [0.4, 0.5) is 26.3 Å². The van der Waals surface area contributed by atoms with Crippen molar-refractivity contribution in [2.24, 2.45) is 27.6 Å². The van der Waals surface area contributed by atoms with E-state index in [2.05, 4.69) is 91.8 Å². The van der Waals surface area contributed by atoms with Gasteiger partial charge in [0.05, 0.1) is 0 Å². The first-order valence-electron chi connectivity index (χ1n) is 17.2. The van der Waals surface area contributed by atoms with E-state index in [4.69, 9.17) is 0 Å². The molecule has 0 heterocycles. The fraction of sp³-hybridized carbons (Fsp3) is 0.419. The Morgan fingerprint density at radius 2 is 1.37 bits per heavy atom. The second kappa shape index (κ2) is 15.5. The minimum atomic E-state index is -4.77. The van der Waals surface area contributed by atoms with Crippen molar-refractivity contribution in [3.8, 4) is 0 Å². The topological polar surface area (TPSA) is 0 Å². The number of benzene rings is 2. The van der Waals surface area contributed by atoms with Crippen LogP contribution in [-0.2, 0) is 43.0 Å². The molecular weight excluding hydrogens is 793 g/mol. The summed E-state index contributed by atoms with van der Waals surface area (Å²) in [6.45, 7) is 20.3. The molecule has 2 atom stereocenters. The van der Waals surface area contributed by atoms with Gasteiger partial charge in [0.2, 0.25) is 0 Å². The van der Waals surface area contributed by atoms with Crippen molar-refractivity contribution < 1.29 is 75.4 Å². The molecule has 52 heavy (non-hydrogen) atoms. The van der Waals surface area contributed by atoms with Gasteiger partial charge in [-0.15, -0.1) is 6.92 Å². The van der Waals surface area contributed by atoms with Gasteiger partial charge in [0.15, 0.2) is 0 Å². The summed E-state index contributed by atoms with van der Waals surface area (Å²) in [4.78, 5) is 0. The second-order valence-electron chi connectivity index (χ2n) is 15.7. The van der Waals surface area contributed by atoms with Crippen LogP contribution in [0.3, 0.4) is 0 Å². The molecule has 0 bridgehead atoms. The SMILES string of the molecule is C[C-]1C2=C3Cc4ccccc4C3=C3C=CCCC3C2(C)C(C)(C)C(C)(C)C1(C)C.FC(F)(F)c1cc([CH]=[Zr+2])cc(C(F)(F)F)c1.[Cl-].[Cl-].c1cc[cH-]c1. The standard InChI is InChI=1S/C29H37.C9H4F6.C5H5.2ClH.Zr/c1-18-25-22-17-19-13-9-10-14-20(19)24(22)21-15-11-12-16-23(21)29(25,8)28(6,7)27(4,5)26(18,2)3;1-5-2-6(8(10,11)12)4-7(3-5)9(13,14)15;1-2-4-5-3-1;;;/h9-11,13-15,23H,12,16-17H2,1-8H3;1-4H;1-5H;2*1H;/q-1;;-1;;;+2/p-2. The van der Waals surface area contributed by atoms with E-state index >= 15 is 0 Å². The summed E-state index contributed by atoms with van der Waals surface area (Å²) < 4.78 is 75.1. The van der Waals surface area contributed by atoms with Gasteiger partial charge in [-0.25, -0.2) is 18.1 Å². The van der Waals surface area contributed by atoms with E-state index in [0.717, 1.165) is 30.7 Å². The molecule has 4 aliphatic rings. The molecule has 2 unspecified atom stereocenters. The maximum absolute atomic E-state index is 12.3. The largest absolute Gasteiger partial charge is 1.00 e. The fourth-order valence-electron chi connectivity index (χ4n) is 8.95. The van der Waals surface area contributed by atoms with Gasteiger partial charge in [0.25, 0.3) is 0 Å². The predicted octanol–water partition coefficient (Wildman–Crippen LogP) is 6.80. The monoisotopic (exact) mass is 836 g/mol. The first-order chi connectivity index (χ1) is 23.1. The van der Waals surface area contributed by atoms with Gasteiger partial charge in [0, 0.05) is 0 Å². The molecule has 0 radical (unpaired) electrons. The van der Waals surface area contributed by atoms with Crippen LogP contribution in [0.5, 0.6) is 0 Å². The minimum Gasteiger partial charge on any atom is -1.00 e. The zero-order chi connectivity index (χ0) is 37.1. The third kappa shape index (κ3) is 7.29. The zero-order valence-corrected chi connectivity index (χ0v) is 34.9. The molecule has 0 aliphatic heterocycles. The van der Waals surface area contributed by atoms with Gasteiger partial charge in [-0.3, -0.25) is 0 Å². The van der Waals surface area contributed by atoms with Crippen LogP contribution in [0.1, 0.15) is 96.0 Å². The van der Waals surface area contributed by atoms with E-state index in [0.29, 0.717) is 18.1 Å². The molecular formula is C43H46Cl2F6Zr-2. The van der Waals surface area contributed by atoms with E-state index in [9.17, 15) is 26.3 Å². The maximum atomic E-state index is 12.3. The van der Waals surface area contributed by atoms with Crippen LogP contribution in [0.15, 0.2) is 102 Å². The van der Waals surface area contributed by atoms with E-state index < -0.39 is 23.5 Å². The molecule has 9 heteroatoms. The molecule has 4 aliphatic carbocycles. The molecule has 1 fully saturated rings. The first kappa shape index (κ1) is 44.2. The molecule has 280 valence electrons. The van der Waals surface area contributed by atoms with Gasteiger partial charge in [0.1, 0.15) is 0 Å². The average Bonchev–Trinajstić information content (AvgIpc) is 3.76. The molecule has 0 saturated heterocycles. The van der Waals surface area contributed by atoms with E-state index in [1.807, 2.05) is 30.3 Å². The molecule has 0 spiro atoms. The predicted molar refractivity (Wildman–Crippen MR) is 188 cm³/mol. The number of allylic oxidation sites excluding steroid dienone is 6. The van der Waals surface area contributed by atoms with Crippen LogP contribution in [0, 0.1) is 33.5 Å². The maximum Gasteiger partial charge on any atom is -0.172 e. The number of alkyl halides is 6. The Bertz CT molecular complexity index is 1790. The van der Waals surface area contributed by atoms with E-state index in [1.54, 1.807) is 28.2 Å². The van der Waals surface area contributed by atoms with Crippen molar-refractivity contribution in [1.29, 1.82) is 0 Å². The van der Waals surface area contributed by atoms with Crippen molar-refractivity contribution in [2.45, 2.75) is 87.0 Å². The molecule has 1 saturated carbocycles. The Morgan fingerprint density at radius 3 is 1.87 bits per heavy atom. The first-order valence-corrected chi connectivity index (χ1v) is 18.6. The summed E-state index contributed by atoms with van der Waals surface area (Å²) in [7, 11) is 0. The smallest absolute Gasteiger partial charge is 0.172 e. The summed E-state index contributed by atoms with van der Waals surface area (Å²) in [5, 5.41) is 0. The molecule has 3 aromatic rings. The molecule has 0 amide bonds. The molecule has 3 aromatic carbocycles. The number of fused-ring (bicyclic) bond motifs is 6. The summed E-state index contributed by atoms with van der Waals surface area (Å²) in [5.74, 6) is 2.24. The number of halogens is 8. The summed E-state index contributed by atoms with van der Waals surface area (Å²) in [6, 6.07) is 20.7. The van der Waals surface area contributed by atoms with Crippen LogP contribution < -0.4 is 24.8 Å². The Labute approximate surface area is 332 Å². The van der Waals surface area contributed by atoms with Crippen LogP contribution in [0.25, 0.3) is 5.57 Å². The van der Waals surface area contributed by atoms with Gasteiger partial charge in [-0.1, -0.05) is 113 Å². The Hall–Kier alpha value is -2.21. The van der Waals surface area contributed by atoms with Crippen LogP contribution >= 0.6 is 0 Å². The van der Waals surface area contributed by atoms with E-state index in [-0.39, 0.29) is 58.1 Å². The normalized spacial score (nSPS) is 23.2. The number of hydrogen-bond donors (Lipinski definition) is 0. The van der Waals surface area contributed by atoms with Gasteiger partial charge >= 0.3 is 102 Å². The molecule has 0 N–H and O–H groups in total. The fourth-order valence-corrected chi connectivity index (χ4v) is 9.36. The Kier molecular flexibility index (Phi) is 13.2. The van der Waals surface area contributed by atoms with Crippen molar-refractivity contribution in [2.75, 3.05) is 0 Å². The summed E-state index contributed by atoms with van der Waals surface area (Å²) >= 11 is 0.733. The number of hydrogen-bond acceptors (Lipinski definition) is 0. The summed E-state index contributed by atoms with van der Waals surface area (Å²) in [6.07, 6.45) is -1.04. The van der Waals surface area contributed by atoms with Crippen molar-refractivity contribution >= 4 is 9.28 Å². The Balaban J connectivity index is 0.000000268.